The largest absolute Gasteiger partial charge is 0.411 e. The molecule has 0 spiro atoms. The quantitative estimate of drug-likeness (QED) is 0.328. The number of aryl methyl sites for hydroxylation is 2. The number of non-ortho nitro benzene ring substituents is 1. The van der Waals surface area contributed by atoms with Gasteiger partial charge in [0.2, 0.25) is 11.8 Å². The van der Waals surface area contributed by atoms with Gasteiger partial charge in [-0.1, -0.05) is 41.6 Å². The number of nitrogens with zero attached hydrogens (tertiary/aromatic N) is 4. The Bertz CT molecular complexity index is 1050. The smallest absolute Gasteiger partial charge is 0.277 e. The third-order valence-electron chi connectivity index (χ3n) is 4.36. The summed E-state index contributed by atoms with van der Waals surface area (Å²) in [7, 11) is 1.75. The molecule has 1 heterocycles. The van der Waals surface area contributed by atoms with Gasteiger partial charge in [-0.05, 0) is 31.0 Å². The summed E-state index contributed by atoms with van der Waals surface area (Å²) in [6.45, 7) is 4.59. The van der Waals surface area contributed by atoms with Crippen molar-refractivity contribution in [2.75, 3.05) is 12.8 Å². The van der Waals surface area contributed by atoms with Crippen molar-refractivity contribution < 1.29 is 14.1 Å². The fourth-order valence-electron chi connectivity index (χ4n) is 2.74. The average molecular weight is 412 g/mol. The van der Waals surface area contributed by atoms with Crippen molar-refractivity contribution in [1.82, 2.24) is 15.1 Å². The first kappa shape index (κ1) is 20.5. The van der Waals surface area contributed by atoms with Crippen LogP contribution in [0.5, 0.6) is 0 Å². The van der Waals surface area contributed by atoms with Crippen LogP contribution >= 0.6 is 11.8 Å². The number of benzene rings is 2. The summed E-state index contributed by atoms with van der Waals surface area (Å²) in [5.74, 6) is 0.259. The van der Waals surface area contributed by atoms with Crippen LogP contribution in [0.4, 0.5) is 5.69 Å². The number of carbonyl (C=O) groups is 1. The minimum absolute atomic E-state index is 0.0573. The molecule has 0 bridgehead atoms. The summed E-state index contributed by atoms with van der Waals surface area (Å²) in [5.41, 5.74) is 3.83. The van der Waals surface area contributed by atoms with Crippen LogP contribution in [0, 0.1) is 24.0 Å². The van der Waals surface area contributed by atoms with Crippen LogP contribution in [0.25, 0.3) is 11.5 Å². The predicted octanol–water partition coefficient (Wildman–Crippen LogP) is 4.01. The molecule has 3 aromatic rings. The van der Waals surface area contributed by atoms with E-state index in [1.54, 1.807) is 24.1 Å². The molecule has 8 nitrogen and oxygen atoms in total. The van der Waals surface area contributed by atoms with Gasteiger partial charge in [-0.3, -0.25) is 14.9 Å². The lowest BCUT2D eigenvalue weighted by atomic mass is 10.1. The van der Waals surface area contributed by atoms with Gasteiger partial charge in [0.25, 0.3) is 10.9 Å². The van der Waals surface area contributed by atoms with Gasteiger partial charge >= 0.3 is 0 Å². The van der Waals surface area contributed by atoms with Crippen molar-refractivity contribution in [2.24, 2.45) is 0 Å². The monoisotopic (exact) mass is 412 g/mol. The van der Waals surface area contributed by atoms with Crippen molar-refractivity contribution in [3.05, 3.63) is 69.3 Å². The van der Waals surface area contributed by atoms with E-state index in [2.05, 4.69) is 16.3 Å². The highest BCUT2D eigenvalue weighted by Gasteiger charge is 2.16. The number of thioether (sulfide) groups is 1. The first-order chi connectivity index (χ1) is 13.8. The molecule has 0 unspecified atom stereocenters. The third-order valence-corrected chi connectivity index (χ3v) is 5.16. The van der Waals surface area contributed by atoms with Crippen molar-refractivity contribution in [3.63, 3.8) is 0 Å². The second kappa shape index (κ2) is 8.87. The van der Waals surface area contributed by atoms with E-state index in [0.29, 0.717) is 12.1 Å². The summed E-state index contributed by atoms with van der Waals surface area (Å²) in [5, 5.41) is 19.0. The van der Waals surface area contributed by atoms with Gasteiger partial charge in [-0.15, -0.1) is 10.2 Å². The summed E-state index contributed by atoms with van der Waals surface area (Å²) in [6, 6.07) is 12.1. The number of nitro groups is 1. The van der Waals surface area contributed by atoms with Gasteiger partial charge in [-0.2, -0.15) is 0 Å². The molecule has 0 aliphatic rings. The van der Waals surface area contributed by atoms with Crippen molar-refractivity contribution >= 4 is 23.4 Å². The maximum atomic E-state index is 12.4. The fourth-order valence-corrected chi connectivity index (χ4v) is 3.44. The Kier molecular flexibility index (Phi) is 6.28. The van der Waals surface area contributed by atoms with Crippen LogP contribution in [0.2, 0.25) is 0 Å². The van der Waals surface area contributed by atoms with Gasteiger partial charge in [0.1, 0.15) is 0 Å². The molecule has 0 aliphatic heterocycles. The lowest BCUT2D eigenvalue weighted by Crippen LogP contribution is -2.28. The molecule has 1 aromatic heterocycles. The number of aromatic nitrogens is 2. The third kappa shape index (κ3) is 5.20. The van der Waals surface area contributed by atoms with Crippen LogP contribution in [0.3, 0.4) is 0 Å². The Morgan fingerprint density at radius 2 is 2.00 bits per heavy atom. The first-order valence-electron chi connectivity index (χ1n) is 8.84. The van der Waals surface area contributed by atoms with E-state index in [9.17, 15) is 14.9 Å². The second-order valence-electron chi connectivity index (χ2n) is 6.65. The molecule has 0 saturated heterocycles. The Hall–Kier alpha value is -3.20. The van der Waals surface area contributed by atoms with Crippen LogP contribution in [0.1, 0.15) is 16.7 Å². The van der Waals surface area contributed by atoms with E-state index in [0.717, 1.165) is 22.9 Å². The molecule has 29 heavy (non-hydrogen) atoms. The number of hydrogen-bond donors (Lipinski definition) is 0. The summed E-state index contributed by atoms with van der Waals surface area (Å²) >= 11 is 1.13. The molecule has 0 saturated carbocycles. The maximum absolute atomic E-state index is 12.4. The van der Waals surface area contributed by atoms with E-state index >= 15 is 0 Å². The lowest BCUT2D eigenvalue weighted by Gasteiger charge is -2.18. The molecule has 0 fully saturated rings. The molecule has 150 valence electrons. The van der Waals surface area contributed by atoms with Crippen LogP contribution in [-0.4, -0.2) is 38.7 Å². The van der Waals surface area contributed by atoms with E-state index in [-0.39, 0.29) is 28.5 Å². The summed E-state index contributed by atoms with van der Waals surface area (Å²) < 4.78 is 5.53. The minimum atomic E-state index is -0.486. The highest BCUT2D eigenvalue weighted by atomic mass is 32.2. The molecule has 0 atom stereocenters. The topological polar surface area (TPSA) is 102 Å². The SMILES string of the molecule is Cc1ccc(CN(C)C(=O)CSc2nnc(-c3cccc([N+](=O)[O-])c3)o2)c(C)c1. The summed E-state index contributed by atoms with van der Waals surface area (Å²) in [6.07, 6.45) is 0. The number of hydrogen-bond acceptors (Lipinski definition) is 7. The zero-order valence-corrected chi connectivity index (χ0v) is 17.1. The van der Waals surface area contributed by atoms with E-state index in [1.807, 2.05) is 26.0 Å². The van der Waals surface area contributed by atoms with Gasteiger partial charge in [-0.25, -0.2) is 0 Å². The molecule has 0 N–H and O–H groups in total. The first-order valence-corrected chi connectivity index (χ1v) is 9.83. The number of amides is 1. The Morgan fingerprint density at radius 1 is 1.21 bits per heavy atom. The minimum Gasteiger partial charge on any atom is -0.411 e. The van der Waals surface area contributed by atoms with Crippen molar-refractivity contribution in [1.29, 1.82) is 0 Å². The standard InChI is InChI=1S/C20H20N4O4S/c1-13-7-8-16(14(2)9-13)11-23(3)18(25)12-29-20-22-21-19(28-20)15-5-4-6-17(10-15)24(26)27/h4-10H,11-12H2,1-3H3. The molecule has 9 heteroatoms. The number of nitro benzene ring substituents is 1. The van der Waals surface area contributed by atoms with Crippen molar-refractivity contribution in [2.45, 2.75) is 25.6 Å². The average Bonchev–Trinajstić information content (AvgIpc) is 3.17. The summed E-state index contributed by atoms with van der Waals surface area (Å²) in [4.78, 5) is 24.5. The molecule has 2 aromatic carbocycles. The highest BCUT2D eigenvalue weighted by molar-refractivity contribution is 7.99. The van der Waals surface area contributed by atoms with E-state index in [4.69, 9.17) is 4.42 Å². The lowest BCUT2D eigenvalue weighted by molar-refractivity contribution is -0.384. The zero-order chi connectivity index (χ0) is 21.0. The molecular weight excluding hydrogens is 392 g/mol. The van der Waals surface area contributed by atoms with Gasteiger partial charge in [0, 0.05) is 31.3 Å². The normalized spacial score (nSPS) is 10.7. The van der Waals surface area contributed by atoms with Crippen LogP contribution in [-0.2, 0) is 11.3 Å². The molecule has 3 rings (SSSR count). The van der Waals surface area contributed by atoms with Crippen LogP contribution in [0.15, 0.2) is 52.1 Å². The fraction of sp³-hybridized carbons (Fsp3) is 0.250. The Balaban J connectivity index is 1.59. The number of rotatable bonds is 7. The van der Waals surface area contributed by atoms with Gasteiger partial charge in [0.15, 0.2) is 0 Å². The Labute approximate surface area is 172 Å². The predicted molar refractivity (Wildman–Crippen MR) is 110 cm³/mol. The highest BCUT2D eigenvalue weighted by Crippen LogP contribution is 2.26. The maximum Gasteiger partial charge on any atom is 0.277 e. The Morgan fingerprint density at radius 3 is 2.72 bits per heavy atom. The second-order valence-corrected chi connectivity index (χ2v) is 7.58. The van der Waals surface area contributed by atoms with E-state index in [1.165, 1.54) is 17.7 Å². The molecular formula is C20H20N4O4S. The van der Waals surface area contributed by atoms with Gasteiger partial charge < -0.3 is 9.32 Å². The molecule has 0 radical (unpaired) electrons. The van der Waals surface area contributed by atoms with Gasteiger partial charge in [0.05, 0.1) is 10.7 Å². The van der Waals surface area contributed by atoms with E-state index < -0.39 is 4.92 Å². The van der Waals surface area contributed by atoms with Crippen LogP contribution < -0.4 is 0 Å². The van der Waals surface area contributed by atoms with Crippen molar-refractivity contribution in [3.8, 4) is 11.5 Å². The molecule has 0 aliphatic carbocycles. The number of carbonyl (C=O) groups excluding carboxylic acids is 1. The molecule has 1 amide bonds. The zero-order valence-electron chi connectivity index (χ0n) is 16.3.